The van der Waals surface area contributed by atoms with Gasteiger partial charge in [0.15, 0.2) is 0 Å². The highest BCUT2D eigenvalue weighted by Gasteiger charge is 2.46. The quantitative estimate of drug-likeness (QED) is 0.472. The van der Waals surface area contributed by atoms with E-state index in [1.807, 2.05) is 0 Å². The fourth-order valence-corrected chi connectivity index (χ4v) is 1.000. The molecule has 0 N–H and O–H groups in total. The molecule has 1 rings (SSSR count). The van der Waals surface area contributed by atoms with Crippen LogP contribution in [0.2, 0.25) is 0 Å². The molecule has 0 aliphatic heterocycles. The minimum absolute atomic E-state index is 0.194. The average molecular weight is 155 g/mol. The van der Waals surface area contributed by atoms with Crippen LogP contribution in [0.15, 0.2) is 0 Å². The van der Waals surface area contributed by atoms with Crippen LogP contribution in [0.5, 0.6) is 0 Å². The maximum atomic E-state index is 12.2. The van der Waals surface area contributed by atoms with Gasteiger partial charge in [-0.15, -0.1) is 0 Å². The first-order chi connectivity index (χ1) is 4.41. The fourth-order valence-electron chi connectivity index (χ4n) is 1.000. The van der Waals surface area contributed by atoms with Crippen molar-refractivity contribution in [2.45, 2.75) is 31.1 Å². The van der Waals surface area contributed by atoms with Crippen molar-refractivity contribution in [3.05, 3.63) is 6.42 Å². The Balaban J connectivity index is 2.56. The second kappa shape index (κ2) is 2.10. The van der Waals surface area contributed by atoms with Gasteiger partial charge in [-0.3, -0.25) is 0 Å². The Hall–Kier alpha value is -0.280. The lowest BCUT2D eigenvalue weighted by molar-refractivity contribution is -0.118. The summed E-state index contributed by atoms with van der Waals surface area (Å²) < 4.78 is 48.7. The van der Waals surface area contributed by atoms with Crippen LogP contribution in [0.3, 0.4) is 0 Å². The number of alkyl halides is 4. The van der Waals surface area contributed by atoms with E-state index in [0.717, 1.165) is 0 Å². The highest BCUT2D eigenvalue weighted by atomic mass is 19.3. The molecule has 0 atom stereocenters. The third kappa shape index (κ3) is 1.85. The lowest BCUT2D eigenvalue weighted by Gasteiger charge is -2.27. The first kappa shape index (κ1) is 7.82. The first-order valence-electron chi connectivity index (χ1n) is 3.01. The molecule has 59 valence electrons. The van der Waals surface area contributed by atoms with Gasteiger partial charge in [0.05, 0.1) is 6.42 Å². The van der Waals surface area contributed by atoms with Crippen LogP contribution in [0.1, 0.15) is 19.3 Å². The van der Waals surface area contributed by atoms with E-state index in [1.165, 1.54) is 0 Å². The molecule has 0 heterocycles. The Kier molecular flexibility index (Phi) is 1.65. The van der Waals surface area contributed by atoms with Crippen LogP contribution in [0, 0.1) is 6.42 Å². The number of halogens is 4. The van der Waals surface area contributed by atoms with Gasteiger partial charge < -0.3 is 0 Å². The van der Waals surface area contributed by atoms with Gasteiger partial charge in [-0.2, -0.15) is 0 Å². The van der Waals surface area contributed by atoms with Crippen LogP contribution >= 0.6 is 0 Å². The van der Waals surface area contributed by atoms with Gasteiger partial charge in [0.1, 0.15) is 0 Å². The van der Waals surface area contributed by atoms with Crippen LogP contribution in [0.4, 0.5) is 17.6 Å². The Labute approximate surface area is 56.2 Å². The third-order valence-electron chi connectivity index (χ3n) is 1.45. The van der Waals surface area contributed by atoms with Gasteiger partial charge in [0, 0.05) is 12.8 Å². The zero-order valence-corrected chi connectivity index (χ0v) is 5.21. The van der Waals surface area contributed by atoms with Crippen LogP contribution in [-0.4, -0.2) is 11.8 Å². The Morgan fingerprint density at radius 3 is 2.00 bits per heavy atom. The minimum atomic E-state index is -3.26. The standard InChI is InChI=1S/C6H7F4/c7-5(8)2-1-3-6(9,10)4-5/h2H,1,3-4H2. The second-order valence-corrected chi connectivity index (χ2v) is 2.54. The molecule has 10 heavy (non-hydrogen) atoms. The first-order valence-corrected chi connectivity index (χ1v) is 3.01. The molecule has 1 fully saturated rings. The normalized spacial score (nSPS) is 30.0. The Bertz CT molecular complexity index is 116. The van der Waals surface area contributed by atoms with Crippen molar-refractivity contribution in [2.75, 3.05) is 0 Å². The van der Waals surface area contributed by atoms with Gasteiger partial charge >= 0.3 is 0 Å². The van der Waals surface area contributed by atoms with Crippen LogP contribution in [-0.2, 0) is 0 Å². The predicted octanol–water partition coefficient (Wildman–Crippen LogP) is 2.65. The zero-order valence-electron chi connectivity index (χ0n) is 5.21. The van der Waals surface area contributed by atoms with Crippen molar-refractivity contribution in [2.24, 2.45) is 0 Å². The monoisotopic (exact) mass is 155 g/mol. The fraction of sp³-hybridized carbons (Fsp3) is 0.833. The molecule has 0 nitrogen and oxygen atoms in total. The van der Waals surface area contributed by atoms with Crippen molar-refractivity contribution in [3.63, 3.8) is 0 Å². The van der Waals surface area contributed by atoms with E-state index in [0.29, 0.717) is 6.42 Å². The van der Waals surface area contributed by atoms with Crippen molar-refractivity contribution >= 4 is 0 Å². The van der Waals surface area contributed by atoms with E-state index < -0.39 is 24.7 Å². The van der Waals surface area contributed by atoms with Crippen LogP contribution < -0.4 is 0 Å². The number of rotatable bonds is 0. The maximum Gasteiger partial charge on any atom is 0.257 e. The topological polar surface area (TPSA) is 0 Å². The maximum absolute atomic E-state index is 12.2. The molecule has 1 saturated carbocycles. The summed E-state index contributed by atoms with van der Waals surface area (Å²) >= 11 is 0. The van der Waals surface area contributed by atoms with E-state index in [9.17, 15) is 17.6 Å². The summed E-state index contributed by atoms with van der Waals surface area (Å²) in [5.74, 6) is -6.43. The number of hydrogen-bond acceptors (Lipinski definition) is 0. The van der Waals surface area contributed by atoms with Crippen molar-refractivity contribution in [1.82, 2.24) is 0 Å². The van der Waals surface area contributed by atoms with E-state index in [-0.39, 0.29) is 6.42 Å². The molecule has 0 aromatic heterocycles. The molecule has 0 unspecified atom stereocenters. The van der Waals surface area contributed by atoms with Crippen molar-refractivity contribution < 1.29 is 17.6 Å². The largest absolute Gasteiger partial charge is 0.257 e. The average Bonchev–Trinajstić information content (AvgIpc) is 1.56. The summed E-state index contributed by atoms with van der Waals surface area (Å²) in [6, 6.07) is 0. The highest BCUT2D eigenvalue weighted by molar-refractivity contribution is 4.94. The minimum Gasteiger partial charge on any atom is -0.207 e. The molecule has 0 bridgehead atoms. The van der Waals surface area contributed by atoms with Crippen molar-refractivity contribution in [1.29, 1.82) is 0 Å². The molecule has 1 aliphatic rings. The van der Waals surface area contributed by atoms with E-state index in [2.05, 4.69) is 0 Å². The molecule has 0 aromatic carbocycles. The molecule has 1 radical (unpaired) electrons. The van der Waals surface area contributed by atoms with Gasteiger partial charge in [0.25, 0.3) is 11.8 Å². The lowest BCUT2D eigenvalue weighted by Crippen LogP contribution is -2.34. The van der Waals surface area contributed by atoms with Gasteiger partial charge in [-0.1, -0.05) is 0 Å². The summed E-state index contributed by atoms with van der Waals surface area (Å²) in [6.45, 7) is 0. The zero-order chi connectivity index (χ0) is 7.83. The summed E-state index contributed by atoms with van der Waals surface area (Å²) in [7, 11) is 0. The van der Waals surface area contributed by atoms with Crippen molar-refractivity contribution in [3.8, 4) is 0 Å². The summed E-state index contributed by atoms with van der Waals surface area (Å²) in [5, 5.41) is 0. The smallest absolute Gasteiger partial charge is 0.207 e. The lowest BCUT2D eigenvalue weighted by atomic mass is 9.93. The SMILES string of the molecule is FC1(F)[CH]CCC(F)(F)C1. The molecule has 0 saturated heterocycles. The molecule has 0 amide bonds. The third-order valence-corrected chi connectivity index (χ3v) is 1.45. The summed E-state index contributed by atoms with van der Waals surface area (Å²) in [4.78, 5) is 0. The molecular weight excluding hydrogens is 148 g/mol. The molecule has 0 aromatic rings. The molecule has 4 heteroatoms. The molecular formula is C6H7F4. The van der Waals surface area contributed by atoms with Crippen LogP contribution in [0.25, 0.3) is 0 Å². The second-order valence-electron chi connectivity index (χ2n) is 2.54. The van der Waals surface area contributed by atoms with E-state index in [1.54, 1.807) is 0 Å². The number of hydrogen-bond donors (Lipinski definition) is 0. The highest BCUT2D eigenvalue weighted by Crippen LogP contribution is 2.41. The van der Waals surface area contributed by atoms with Gasteiger partial charge in [-0.25, -0.2) is 17.6 Å². The summed E-state index contributed by atoms with van der Waals surface area (Å²) in [5.41, 5.74) is 0. The molecule has 1 aliphatic carbocycles. The Morgan fingerprint density at radius 1 is 1.10 bits per heavy atom. The summed E-state index contributed by atoms with van der Waals surface area (Å²) in [6.07, 6.45) is -1.30. The Morgan fingerprint density at radius 2 is 1.70 bits per heavy atom. The molecule has 0 spiro atoms. The van der Waals surface area contributed by atoms with Gasteiger partial charge in [0.2, 0.25) is 0 Å². The van der Waals surface area contributed by atoms with E-state index in [4.69, 9.17) is 0 Å². The van der Waals surface area contributed by atoms with E-state index >= 15 is 0 Å². The van der Waals surface area contributed by atoms with Gasteiger partial charge in [-0.05, 0) is 6.42 Å². The predicted molar refractivity (Wildman–Crippen MR) is 28.0 cm³/mol.